The summed E-state index contributed by atoms with van der Waals surface area (Å²) in [7, 11) is 0. The molecule has 0 bridgehead atoms. The third-order valence-electron chi connectivity index (χ3n) is 3.61. The Bertz CT molecular complexity index is 713. The van der Waals surface area contributed by atoms with Crippen LogP contribution < -0.4 is 10.2 Å². The predicted octanol–water partition coefficient (Wildman–Crippen LogP) is 3.67. The van der Waals surface area contributed by atoms with Crippen molar-refractivity contribution in [1.29, 1.82) is 0 Å². The number of hydrogen-bond acceptors (Lipinski definition) is 2. The smallest absolute Gasteiger partial charge is 0.257 e. The van der Waals surface area contributed by atoms with Gasteiger partial charge in [0.2, 0.25) is 5.91 Å². The number of benzene rings is 2. The van der Waals surface area contributed by atoms with Crippen LogP contribution in [0.1, 0.15) is 23.2 Å². The first-order valence-electron chi connectivity index (χ1n) is 7.11. The van der Waals surface area contributed by atoms with Gasteiger partial charge < -0.3 is 10.2 Å². The fraction of sp³-hybridized carbons (Fsp3) is 0.176. The lowest BCUT2D eigenvalue weighted by Gasteiger charge is -2.19. The molecular weight excluding hydrogens is 391 g/mol. The van der Waals surface area contributed by atoms with E-state index in [1.165, 1.54) is 0 Å². The summed E-state index contributed by atoms with van der Waals surface area (Å²) in [4.78, 5) is 26.2. The molecular formula is C17H15IN2O2. The van der Waals surface area contributed by atoms with E-state index in [1.807, 2.05) is 42.5 Å². The Labute approximate surface area is 142 Å². The van der Waals surface area contributed by atoms with Gasteiger partial charge in [-0.2, -0.15) is 0 Å². The lowest BCUT2D eigenvalue weighted by molar-refractivity contribution is -0.117. The van der Waals surface area contributed by atoms with Gasteiger partial charge in [-0.1, -0.05) is 12.1 Å². The Morgan fingerprint density at radius 2 is 1.82 bits per heavy atom. The van der Waals surface area contributed by atoms with Crippen LogP contribution in [-0.4, -0.2) is 18.4 Å². The second-order valence-electron chi connectivity index (χ2n) is 5.13. The zero-order valence-electron chi connectivity index (χ0n) is 11.9. The zero-order valence-corrected chi connectivity index (χ0v) is 14.0. The lowest BCUT2D eigenvalue weighted by atomic mass is 10.1. The number of carbonyl (C=O) groups is 2. The van der Waals surface area contributed by atoms with Gasteiger partial charge in [0.1, 0.15) is 0 Å². The molecule has 2 aromatic carbocycles. The molecule has 0 radical (unpaired) electrons. The van der Waals surface area contributed by atoms with Crippen LogP contribution in [0.5, 0.6) is 0 Å². The van der Waals surface area contributed by atoms with Crippen molar-refractivity contribution in [3.8, 4) is 0 Å². The number of rotatable bonds is 3. The molecule has 0 aromatic heterocycles. The summed E-state index contributed by atoms with van der Waals surface area (Å²) in [6, 6.07) is 14.8. The van der Waals surface area contributed by atoms with E-state index in [0.717, 1.165) is 15.7 Å². The second-order valence-corrected chi connectivity index (χ2v) is 6.37. The van der Waals surface area contributed by atoms with Crippen molar-refractivity contribution in [2.24, 2.45) is 0 Å². The van der Waals surface area contributed by atoms with E-state index in [4.69, 9.17) is 0 Å². The molecule has 4 nitrogen and oxygen atoms in total. The van der Waals surface area contributed by atoms with Crippen molar-refractivity contribution in [3.63, 3.8) is 0 Å². The number of hydrogen-bond donors (Lipinski definition) is 1. The van der Waals surface area contributed by atoms with Gasteiger partial charge in [-0.3, -0.25) is 9.59 Å². The van der Waals surface area contributed by atoms with Crippen molar-refractivity contribution in [1.82, 2.24) is 0 Å². The summed E-state index contributed by atoms with van der Waals surface area (Å²) in [5.41, 5.74) is 1.96. The number of nitrogens with one attached hydrogen (secondary N) is 1. The maximum absolute atomic E-state index is 12.5. The number of halogens is 1. The minimum Gasteiger partial charge on any atom is -0.322 e. The molecule has 3 rings (SSSR count). The van der Waals surface area contributed by atoms with Crippen molar-refractivity contribution in [3.05, 3.63) is 57.7 Å². The Kier molecular flexibility index (Phi) is 4.42. The highest BCUT2D eigenvalue weighted by Crippen LogP contribution is 2.26. The van der Waals surface area contributed by atoms with E-state index in [-0.39, 0.29) is 11.8 Å². The third kappa shape index (κ3) is 3.14. The molecule has 1 aliphatic heterocycles. The molecule has 0 aliphatic carbocycles. The molecule has 112 valence electrons. The summed E-state index contributed by atoms with van der Waals surface area (Å²) in [5, 5.41) is 2.88. The van der Waals surface area contributed by atoms with Gasteiger partial charge in [0, 0.05) is 22.2 Å². The van der Waals surface area contributed by atoms with E-state index in [0.29, 0.717) is 24.2 Å². The van der Waals surface area contributed by atoms with Crippen molar-refractivity contribution >= 4 is 45.8 Å². The van der Waals surface area contributed by atoms with Crippen molar-refractivity contribution < 1.29 is 9.59 Å². The average molecular weight is 406 g/mol. The van der Waals surface area contributed by atoms with Crippen molar-refractivity contribution in [2.75, 3.05) is 16.8 Å². The summed E-state index contributed by atoms with van der Waals surface area (Å²) in [6.07, 6.45) is 1.39. The molecule has 2 aromatic rings. The van der Waals surface area contributed by atoms with Crippen LogP contribution in [0.15, 0.2) is 48.5 Å². The molecule has 0 atom stereocenters. The van der Waals surface area contributed by atoms with Gasteiger partial charge in [-0.05, 0) is 65.4 Å². The quantitative estimate of drug-likeness (QED) is 0.791. The first-order valence-corrected chi connectivity index (χ1v) is 8.19. The molecule has 1 heterocycles. The van der Waals surface area contributed by atoms with Gasteiger partial charge >= 0.3 is 0 Å². The molecule has 0 saturated carbocycles. The fourth-order valence-electron chi connectivity index (χ4n) is 2.54. The second kappa shape index (κ2) is 6.48. The molecule has 22 heavy (non-hydrogen) atoms. The predicted molar refractivity (Wildman–Crippen MR) is 95.1 cm³/mol. The summed E-state index contributed by atoms with van der Waals surface area (Å²) < 4.78 is 1.11. The Hall–Kier alpha value is -1.89. The van der Waals surface area contributed by atoms with E-state index >= 15 is 0 Å². The highest BCUT2D eigenvalue weighted by atomic mass is 127. The minimum atomic E-state index is -0.198. The van der Waals surface area contributed by atoms with Crippen LogP contribution in [0.4, 0.5) is 11.4 Å². The number of anilines is 2. The molecule has 1 aliphatic rings. The zero-order chi connectivity index (χ0) is 15.5. The SMILES string of the molecule is O=C(Nc1ccc(I)cc1)c1ccccc1N1CCCC1=O. The number of amides is 2. The fourth-order valence-corrected chi connectivity index (χ4v) is 2.90. The Balaban J connectivity index is 1.86. The largest absolute Gasteiger partial charge is 0.322 e. The summed E-state index contributed by atoms with van der Waals surface area (Å²) in [5.74, 6) is -0.119. The van der Waals surface area contributed by atoms with E-state index in [9.17, 15) is 9.59 Å². The van der Waals surface area contributed by atoms with Crippen LogP contribution >= 0.6 is 22.6 Å². The molecule has 0 unspecified atom stereocenters. The van der Waals surface area contributed by atoms with Gasteiger partial charge in [-0.25, -0.2) is 0 Å². The first kappa shape index (κ1) is 15.0. The minimum absolute atomic E-state index is 0.0783. The molecule has 0 spiro atoms. The molecule has 1 saturated heterocycles. The number of nitrogens with zero attached hydrogens (tertiary/aromatic N) is 1. The van der Waals surface area contributed by atoms with Crippen molar-refractivity contribution in [2.45, 2.75) is 12.8 Å². The normalized spacial score (nSPS) is 14.2. The number of carbonyl (C=O) groups excluding carboxylic acids is 2. The maximum Gasteiger partial charge on any atom is 0.257 e. The maximum atomic E-state index is 12.5. The Morgan fingerprint density at radius 1 is 1.09 bits per heavy atom. The first-order chi connectivity index (χ1) is 10.6. The summed E-state index contributed by atoms with van der Waals surface area (Å²) in [6.45, 7) is 0.673. The van der Waals surface area contributed by atoms with Crippen LogP contribution in [0.3, 0.4) is 0 Å². The van der Waals surface area contributed by atoms with Crippen LogP contribution in [0.25, 0.3) is 0 Å². The van der Waals surface area contributed by atoms with E-state index in [1.54, 1.807) is 11.0 Å². The monoisotopic (exact) mass is 406 g/mol. The van der Waals surface area contributed by atoms with Crippen LogP contribution in [-0.2, 0) is 4.79 Å². The van der Waals surface area contributed by atoms with E-state index in [2.05, 4.69) is 27.9 Å². The molecule has 2 amide bonds. The topological polar surface area (TPSA) is 49.4 Å². The van der Waals surface area contributed by atoms with Gasteiger partial charge in [0.25, 0.3) is 5.91 Å². The molecule has 5 heteroatoms. The summed E-state index contributed by atoms with van der Waals surface area (Å²) >= 11 is 2.22. The average Bonchev–Trinajstić information content (AvgIpc) is 2.95. The van der Waals surface area contributed by atoms with Crippen LogP contribution in [0.2, 0.25) is 0 Å². The highest BCUT2D eigenvalue weighted by Gasteiger charge is 2.25. The van der Waals surface area contributed by atoms with E-state index < -0.39 is 0 Å². The molecule has 1 fully saturated rings. The third-order valence-corrected chi connectivity index (χ3v) is 4.33. The lowest BCUT2D eigenvalue weighted by Crippen LogP contribution is -2.27. The number of para-hydroxylation sites is 1. The van der Waals surface area contributed by atoms with Gasteiger partial charge in [-0.15, -0.1) is 0 Å². The van der Waals surface area contributed by atoms with Gasteiger partial charge in [0.15, 0.2) is 0 Å². The van der Waals surface area contributed by atoms with Crippen LogP contribution in [0, 0.1) is 3.57 Å². The Morgan fingerprint density at radius 3 is 2.50 bits per heavy atom. The van der Waals surface area contributed by atoms with Gasteiger partial charge in [0.05, 0.1) is 11.3 Å². The standard InChI is InChI=1S/C17H15IN2O2/c18-12-7-9-13(10-8-12)19-17(22)14-4-1-2-5-15(14)20-11-3-6-16(20)21/h1-2,4-5,7-10H,3,6,11H2,(H,19,22). The highest BCUT2D eigenvalue weighted by molar-refractivity contribution is 14.1. The molecule has 1 N–H and O–H groups in total.